The van der Waals surface area contributed by atoms with E-state index in [0.29, 0.717) is 61.4 Å². The van der Waals surface area contributed by atoms with Crippen molar-refractivity contribution in [3.63, 3.8) is 0 Å². The Bertz CT molecular complexity index is 5980. The standard InChI is InChI=1S/C28H36N2O9.C27H35N3O3.2C26H35N3O5.5H2/c1-13-21(11-32)38-28(25(34)24(13)33)39-27-22-16(17(12-37-27)26(35)36-2)9-19-23-15(7-8-30(19)20(22)10-31)14-5-3-4-6-18(14)29-23;1-18-22-16-30-12-9-20-19-7-3-4-8-24(19)28-26(20)25(30)15-21(22)23(17-33-18)27(31)32-14-13-29-10-5-2-6-11-29;1-14-19-12-29-8-7-16-18-10-23(31-5)24(32-6)11-21(18)27-25(16)22(29)9-17(19)20(13-33-14)26(30)34-15(2)28(3)4;1-15-19-13-29-7-6-16-18-11-23(31-4)24(32-5)12-21(18)27-25(16)22(29)10-17(19)20(14-34-15)26(30)33-9-8-28(2)3;;;;;/h3-6,12-13,16,19-22,24-25,27-29,31-34H,7-11H2,1-2H3;3-4,7-8,17-18,21-22,25,28H,2,5-6,9-16H2,1H3;10-11,13-15,17,19,22,27H,7-9,12H2,1-6H3;11-12,14-15,17,19,22,27H,6-10,13H2,1-5H3;5*1H/t13-,16-,19-,20+,21-,22+,24+,25-,27+,28?;18-,21-,22+,25-;14-,15?,17-,19-,22+;15-,17?,19?,22?;;;;;/m1000...../s1. The van der Waals surface area contributed by atoms with Crippen LogP contribution in [0.1, 0.15) is 156 Å². The summed E-state index contributed by atoms with van der Waals surface area (Å²) in [4.78, 5) is 83.0. The Morgan fingerprint density at radius 2 is 0.907 bits per heavy atom. The summed E-state index contributed by atoms with van der Waals surface area (Å²) >= 11 is 0. The maximum Gasteiger partial charge on any atom is 0.338 e. The molecule has 33 heteroatoms. The number of carbonyl (C=O) groups is 4. The van der Waals surface area contributed by atoms with Crippen LogP contribution in [0.5, 0.6) is 23.0 Å². The molecule has 0 bridgehead atoms. The van der Waals surface area contributed by atoms with E-state index in [0.717, 1.165) is 155 Å². The number of aliphatic hydroxyl groups is 4. The van der Waals surface area contributed by atoms with Crippen LogP contribution in [0.4, 0.5) is 0 Å². The number of H-pyrrole nitrogens is 4. The van der Waals surface area contributed by atoms with Crippen LogP contribution in [0, 0.1) is 53.3 Å². The molecule has 4 aromatic carbocycles. The van der Waals surface area contributed by atoms with Crippen LogP contribution >= 0.6 is 0 Å². The maximum absolute atomic E-state index is 13.1. The lowest BCUT2D eigenvalue weighted by Crippen LogP contribution is -2.62. The third-order valence-electron chi connectivity index (χ3n) is 33.3. The van der Waals surface area contributed by atoms with Crippen molar-refractivity contribution in [3.8, 4) is 23.0 Å². The number of para-hydroxylation sites is 2. The average molecular weight is 1940 g/mol. The number of ether oxygens (including phenoxy) is 14. The fourth-order valence-corrected chi connectivity index (χ4v) is 25.3. The van der Waals surface area contributed by atoms with Gasteiger partial charge in [0.05, 0.1) is 151 Å². The molecule has 23 atom stereocenters. The third kappa shape index (κ3) is 18.9. The number of hydrogen-bond acceptors (Lipinski definition) is 29. The summed E-state index contributed by atoms with van der Waals surface area (Å²) in [6.07, 6.45) is 11.6. The Morgan fingerprint density at radius 3 is 1.37 bits per heavy atom. The van der Waals surface area contributed by atoms with E-state index in [1.807, 2.05) is 69.2 Å². The van der Waals surface area contributed by atoms with Gasteiger partial charge in [-0.3, -0.25) is 29.4 Å². The van der Waals surface area contributed by atoms with Gasteiger partial charge in [-0.2, -0.15) is 0 Å². The monoisotopic (exact) mass is 1940 g/mol. The minimum absolute atomic E-state index is 0. The van der Waals surface area contributed by atoms with Gasteiger partial charge in [0.2, 0.25) is 6.29 Å². The minimum Gasteiger partial charge on any atom is -0.497 e. The number of likely N-dealkylation sites (tertiary alicyclic amines) is 1. The number of benzene rings is 4. The van der Waals surface area contributed by atoms with Gasteiger partial charge in [-0.15, -0.1) is 0 Å². The molecule has 22 rings (SSSR count). The molecule has 766 valence electrons. The summed E-state index contributed by atoms with van der Waals surface area (Å²) < 4.78 is 80.0. The van der Waals surface area contributed by atoms with Crippen molar-refractivity contribution in [1.29, 1.82) is 0 Å². The van der Waals surface area contributed by atoms with E-state index in [9.17, 15) is 39.6 Å². The van der Waals surface area contributed by atoms with Crippen LogP contribution in [-0.4, -0.2) is 322 Å². The number of likely N-dealkylation sites (N-methyl/N-ethyl adjacent to an activating group) is 1. The average Bonchev–Trinajstić information content (AvgIpc) is 1.69. The summed E-state index contributed by atoms with van der Waals surface area (Å²) in [7, 11) is 15.7. The van der Waals surface area contributed by atoms with E-state index in [2.05, 4.69) is 114 Å². The van der Waals surface area contributed by atoms with Crippen molar-refractivity contribution < 1.29 is 113 Å². The first-order valence-corrected chi connectivity index (χ1v) is 50.5. The van der Waals surface area contributed by atoms with E-state index >= 15 is 0 Å². The summed E-state index contributed by atoms with van der Waals surface area (Å²) in [5.41, 5.74) is 17.1. The highest BCUT2D eigenvalue weighted by Crippen LogP contribution is 2.56. The molecule has 0 amide bonds. The quantitative estimate of drug-likeness (QED) is 0.0200. The zero-order valence-corrected chi connectivity index (χ0v) is 83.2. The largest absolute Gasteiger partial charge is 0.497 e. The molecular formula is C107H151N11O22. The van der Waals surface area contributed by atoms with Crippen molar-refractivity contribution in [3.05, 3.63) is 165 Å². The molecule has 0 spiro atoms. The molecule has 6 saturated heterocycles. The molecular weight excluding hydrogens is 1790 g/mol. The molecule has 0 saturated carbocycles. The van der Waals surface area contributed by atoms with Gasteiger partial charge in [-0.05, 0) is 180 Å². The molecule has 18 heterocycles. The molecule has 33 nitrogen and oxygen atoms in total. The lowest BCUT2D eigenvalue weighted by Gasteiger charge is -2.54. The van der Waals surface area contributed by atoms with Gasteiger partial charge < -0.3 is 112 Å². The first-order valence-electron chi connectivity index (χ1n) is 50.5. The van der Waals surface area contributed by atoms with E-state index in [-0.39, 0.29) is 116 Å². The molecule has 8 aromatic rings. The van der Waals surface area contributed by atoms with Gasteiger partial charge in [0.15, 0.2) is 35.5 Å². The molecule has 14 aliphatic heterocycles. The molecule has 140 heavy (non-hydrogen) atoms. The Morgan fingerprint density at radius 1 is 0.479 bits per heavy atom. The summed E-state index contributed by atoms with van der Waals surface area (Å²) in [5, 5.41) is 46.6. The number of carbonyl (C=O) groups excluding carboxylic acids is 4. The number of rotatable bonds is 20. The topological polar surface area (TPSA) is 364 Å². The number of aromatic amines is 4. The number of nitrogens with zero attached hydrogens (tertiary/aromatic N) is 7. The second-order valence-electron chi connectivity index (χ2n) is 41.1. The fraction of sp³-hybridized carbons (Fsp3) is 0.589. The summed E-state index contributed by atoms with van der Waals surface area (Å²) in [6, 6.07) is 25.2. The number of methoxy groups -OCH3 is 5. The van der Waals surface area contributed by atoms with Gasteiger partial charge in [-0.1, -0.05) is 49.7 Å². The lowest BCUT2D eigenvalue weighted by molar-refractivity contribution is -0.339. The van der Waals surface area contributed by atoms with Crippen molar-refractivity contribution in [2.45, 2.75) is 191 Å². The second-order valence-corrected chi connectivity index (χ2v) is 41.1. The summed E-state index contributed by atoms with van der Waals surface area (Å²) in [6.45, 7) is 20.5. The Labute approximate surface area is 825 Å². The van der Waals surface area contributed by atoms with E-state index in [4.69, 9.17) is 66.3 Å². The highest BCUT2D eigenvalue weighted by molar-refractivity contribution is 5.93. The van der Waals surface area contributed by atoms with Crippen LogP contribution in [0.15, 0.2) is 120 Å². The van der Waals surface area contributed by atoms with Gasteiger partial charge >= 0.3 is 23.9 Å². The second kappa shape index (κ2) is 42.0. The number of hydrogen-bond donors (Lipinski definition) is 8. The normalized spacial score (nSPS) is 30.7. The first-order chi connectivity index (χ1) is 67.8. The SMILES string of the molecule is COC(=O)C1=CO[C@@H](OC2O[C@H](CO)[C@@H](C)[C@H](O)[C@H]2O)[C@H]2[C@@H]1C[C@@H]1c3[nH]c4ccccc4c3CCN1[C@H]2CO.COc1cc2[nH]c3c(c2cc1OC)CCN1CC2C(CC31)C(C(=O)OCCN(C)C)=CO[C@H]2C.COc1cc2[nH]c3c(c2cc1OC)CCN1C[C@H]2[C@H](C)OC=C(C(=O)OC(C)N(C)C)[C@H]2C[C@H]31.C[C@@H]1OC=C(C(=O)OCCN2CCCCC2)[C@H]2C[C@H]3c4[nH]c5ccccc5c4CCN3C[C@H]12.[HH].[HH].[HH].[HH].[HH]. The Balaban J connectivity index is 0.000000152. The van der Waals surface area contributed by atoms with Crippen molar-refractivity contribution in [2.24, 2.45) is 53.3 Å². The van der Waals surface area contributed by atoms with Crippen LogP contribution in [0.3, 0.4) is 0 Å². The highest BCUT2D eigenvalue weighted by Gasteiger charge is 2.57. The zero-order valence-electron chi connectivity index (χ0n) is 83.2. The van der Waals surface area contributed by atoms with Crippen LogP contribution in [0.25, 0.3) is 43.6 Å². The lowest BCUT2D eigenvalue weighted by atomic mass is 9.70. The van der Waals surface area contributed by atoms with Gasteiger partial charge in [0.25, 0.3) is 0 Å². The molecule has 5 unspecified atom stereocenters. The Hall–Kier alpha value is -10.2. The predicted molar refractivity (Wildman–Crippen MR) is 533 cm³/mol. The van der Waals surface area contributed by atoms with Crippen LogP contribution in [0.2, 0.25) is 0 Å². The van der Waals surface area contributed by atoms with E-state index in [1.54, 1.807) is 54.1 Å². The number of piperidine rings is 5. The van der Waals surface area contributed by atoms with Gasteiger partial charge in [-0.25, -0.2) is 19.2 Å². The smallest absolute Gasteiger partial charge is 0.338 e. The molecule has 0 aliphatic carbocycles. The molecule has 4 aromatic heterocycles. The van der Waals surface area contributed by atoms with Crippen molar-refractivity contribution >= 4 is 67.5 Å². The molecule has 6 fully saturated rings. The van der Waals surface area contributed by atoms with Gasteiger partial charge in [0, 0.05) is 204 Å². The minimum atomic E-state index is -1.37. The number of aromatic nitrogens is 4. The number of nitrogens with one attached hydrogen (secondary N) is 4. The van der Waals surface area contributed by atoms with Crippen molar-refractivity contribution in [1.82, 2.24) is 54.2 Å². The molecule has 14 aliphatic rings. The number of fused-ring (bicyclic) bond motifs is 24. The highest BCUT2D eigenvalue weighted by atomic mass is 16.8. The van der Waals surface area contributed by atoms with E-state index < -0.39 is 54.7 Å². The van der Waals surface area contributed by atoms with E-state index in [1.165, 1.54) is 99.0 Å². The third-order valence-corrected chi connectivity index (χ3v) is 33.3. The summed E-state index contributed by atoms with van der Waals surface area (Å²) in [5.74, 6) is 1.52. The van der Waals surface area contributed by atoms with Crippen LogP contribution in [-0.2, 0) is 92.2 Å². The number of esters is 4. The fourth-order valence-electron chi connectivity index (χ4n) is 25.3. The molecule has 8 N–H and O–H groups in total. The number of aliphatic hydroxyl groups excluding tert-OH is 4. The maximum atomic E-state index is 13.1. The first kappa shape index (κ1) is 98.5. The predicted octanol–water partition coefficient (Wildman–Crippen LogP) is 12.4. The van der Waals surface area contributed by atoms with Gasteiger partial charge in [0.1, 0.15) is 19.3 Å². The van der Waals surface area contributed by atoms with Crippen LogP contribution < -0.4 is 18.9 Å². The molecule has 0 radical (unpaired) electrons. The zero-order chi connectivity index (χ0) is 97.9. The van der Waals surface area contributed by atoms with Crippen molar-refractivity contribution in [2.75, 3.05) is 162 Å². The Kier molecular flexibility index (Phi) is 29.5.